The number of guanidine groups is 1. The molecule has 0 spiro atoms. The van der Waals surface area contributed by atoms with Crippen LogP contribution in [0.1, 0.15) is 56.5 Å². The maximum absolute atomic E-state index is 6.14. The highest BCUT2D eigenvalue weighted by atomic mass is 16.5. The second-order valence-corrected chi connectivity index (χ2v) is 8.21. The van der Waals surface area contributed by atoms with Crippen LogP contribution in [-0.2, 0) is 29.0 Å². The number of aromatic nitrogens is 2. The zero-order chi connectivity index (χ0) is 19.2. The maximum atomic E-state index is 6.14. The van der Waals surface area contributed by atoms with Gasteiger partial charge < -0.3 is 24.3 Å². The molecule has 0 saturated carbocycles. The van der Waals surface area contributed by atoms with Crippen molar-refractivity contribution < 1.29 is 9.47 Å². The number of fused-ring (bicyclic) bond motifs is 1. The maximum Gasteiger partial charge on any atom is 0.193 e. The number of rotatable bonds is 5. The lowest BCUT2D eigenvalue weighted by Crippen LogP contribution is -2.47. The first-order valence-corrected chi connectivity index (χ1v) is 11.1. The Kier molecular flexibility index (Phi) is 6.86. The van der Waals surface area contributed by atoms with Crippen molar-refractivity contribution in [3.8, 4) is 0 Å². The van der Waals surface area contributed by atoms with Gasteiger partial charge in [0.2, 0.25) is 0 Å². The van der Waals surface area contributed by atoms with Crippen molar-refractivity contribution in [2.24, 2.45) is 4.99 Å². The molecule has 4 rings (SSSR count). The van der Waals surface area contributed by atoms with Gasteiger partial charge in [0.05, 0.1) is 31.1 Å². The SMILES string of the molecule is CN=C(NCc1cn2c(n1)CCCC2)N1CCC(OCC2CCCCO2)CC1. The Morgan fingerprint density at radius 1 is 1.21 bits per heavy atom. The first kappa shape index (κ1) is 19.7. The first-order valence-electron chi connectivity index (χ1n) is 11.1. The molecule has 1 aromatic heterocycles. The zero-order valence-corrected chi connectivity index (χ0v) is 17.2. The third kappa shape index (κ3) is 5.06. The Hall–Kier alpha value is -1.60. The van der Waals surface area contributed by atoms with Gasteiger partial charge in [0.25, 0.3) is 0 Å². The Balaban J connectivity index is 1.20. The normalized spacial score (nSPS) is 24.2. The third-order valence-electron chi connectivity index (χ3n) is 6.13. The molecule has 156 valence electrons. The van der Waals surface area contributed by atoms with E-state index in [9.17, 15) is 0 Å². The molecule has 0 amide bonds. The van der Waals surface area contributed by atoms with Gasteiger partial charge in [-0.05, 0) is 44.9 Å². The fourth-order valence-electron chi connectivity index (χ4n) is 4.48. The number of nitrogens with zero attached hydrogens (tertiary/aromatic N) is 4. The van der Waals surface area contributed by atoms with Crippen LogP contribution in [0.4, 0.5) is 0 Å². The van der Waals surface area contributed by atoms with E-state index in [4.69, 9.17) is 14.5 Å². The van der Waals surface area contributed by atoms with Crippen LogP contribution in [0.25, 0.3) is 0 Å². The van der Waals surface area contributed by atoms with Crippen LogP contribution in [0.15, 0.2) is 11.2 Å². The second-order valence-electron chi connectivity index (χ2n) is 8.21. The molecule has 1 unspecified atom stereocenters. The van der Waals surface area contributed by atoms with Crippen molar-refractivity contribution >= 4 is 5.96 Å². The number of hydrogen-bond donors (Lipinski definition) is 1. The third-order valence-corrected chi connectivity index (χ3v) is 6.13. The highest BCUT2D eigenvalue weighted by molar-refractivity contribution is 5.79. The standard InChI is InChI=1S/C21H35N5O2/c1-22-21(23-14-17-15-26-10-4-2-7-20(26)24-17)25-11-8-18(9-12-25)28-16-19-6-3-5-13-27-19/h15,18-19H,2-14,16H2,1H3,(H,22,23). The van der Waals surface area contributed by atoms with Crippen molar-refractivity contribution in [2.45, 2.75) is 76.7 Å². The van der Waals surface area contributed by atoms with Gasteiger partial charge in [-0.1, -0.05) is 0 Å². The summed E-state index contributed by atoms with van der Waals surface area (Å²) in [6.45, 7) is 5.46. The van der Waals surface area contributed by atoms with E-state index in [1.807, 2.05) is 7.05 Å². The van der Waals surface area contributed by atoms with Crippen molar-refractivity contribution in [3.05, 3.63) is 17.7 Å². The van der Waals surface area contributed by atoms with Gasteiger partial charge in [0.1, 0.15) is 5.82 Å². The summed E-state index contributed by atoms with van der Waals surface area (Å²) >= 11 is 0. The number of aryl methyl sites for hydroxylation is 2. The molecule has 7 nitrogen and oxygen atoms in total. The Bertz CT molecular complexity index is 622. The molecular weight excluding hydrogens is 354 g/mol. The van der Waals surface area contributed by atoms with E-state index >= 15 is 0 Å². The number of hydrogen-bond acceptors (Lipinski definition) is 4. The molecule has 1 atom stereocenters. The summed E-state index contributed by atoms with van der Waals surface area (Å²) in [6, 6.07) is 0. The fourth-order valence-corrected chi connectivity index (χ4v) is 4.48. The summed E-state index contributed by atoms with van der Waals surface area (Å²) < 4.78 is 14.2. The number of imidazole rings is 1. The summed E-state index contributed by atoms with van der Waals surface area (Å²) in [6.07, 6.45) is 12.2. The highest BCUT2D eigenvalue weighted by Gasteiger charge is 2.24. The topological polar surface area (TPSA) is 63.9 Å². The lowest BCUT2D eigenvalue weighted by molar-refractivity contribution is -0.0721. The predicted octanol–water partition coefficient (Wildman–Crippen LogP) is 2.34. The van der Waals surface area contributed by atoms with Gasteiger partial charge in [-0.25, -0.2) is 4.98 Å². The number of aliphatic imine (C=N–C) groups is 1. The van der Waals surface area contributed by atoms with Crippen LogP contribution < -0.4 is 5.32 Å². The van der Waals surface area contributed by atoms with Gasteiger partial charge in [-0.3, -0.25) is 4.99 Å². The zero-order valence-electron chi connectivity index (χ0n) is 17.2. The van der Waals surface area contributed by atoms with Crippen molar-refractivity contribution in [3.63, 3.8) is 0 Å². The van der Waals surface area contributed by atoms with Crippen LogP contribution >= 0.6 is 0 Å². The summed E-state index contributed by atoms with van der Waals surface area (Å²) in [7, 11) is 1.86. The van der Waals surface area contributed by atoms with Gasteiger partial charge in [-0.15, -0.1) is 0 Å². The van der Waals surface area contributed by atoms with E-state index in [0.29, 0.717) is 12.2 Å². The number of ether oxygens (including phenoxy) is 2. The number of nitrogens with one attached hydrogen (secondary N) is 1. The molecular formula is C21H35N5O2. The Morgan fingerprint density at radius 3 is 2.86 bits per heavy atom. The van der Waals surface area contributed by atoms with Crippen molar-refractivity contribution in [1.82, 2.24) is 19.8 Å². The minimum absolute atomic E-state index is 0.307. The molecule has 0 radical (unpaired) electrons. The van der Waals surface area contributed by atoms with Gasteiger partial charge in [0.15, 0.2) is 5.96 Å². The molecule has 1 aromatic rings. The highest BCUT2D eigenvalue weighted by Crippen LogP contribution is 2.18. The molecule has 0 bridgehead atoms. The molecule has 0 aliphatic carbocycles. The second kappa shape index (κ2) is 9.74. The average Bonchev–Trinajstić information content (AvgIpc) is 3.17. The van der Waals surface area contributed by atoms with Crippen LogP contribution in [0, 0.1) is 0 Å². The van der Waals surface area contributed by atoms with E-state index < -0.39 is 0 Å². The molecule has 1 N–H and O–H groups in total. The quantitative estimate of drug-likeness (QED) is 0.619. The molecule has 2 saturated heterocycles. The summed E-state index contributed by atoms with van der Waals surface area (Å²) in [5.74, 6) is 2.21. The van der Waals surface area contributed by atoms with Gasteiger partial charge in [-0.2, -0.15) is 0 Å². The average molecular weight is 390 g/mol. The van der Waals surface area contributed by atoms with Crippen molar-refractivity contribution in [1.29, 1.82) is 0 Å². The lowest BCUT2D eigenvalue weighted by Gasteiger charge is -2.35. The minimum Gasteiger partial charge on any atom is -0.376 e. The first-order chi connectivity index (χ1) is 13.8. The largest absolute Gasteiger partial charge is 0.376 e. The molecule has 3 aliphatic rings. The van der Waals surface area contributed by atoms with Gasteiger partial charge in [0, 0.05) is 45.9 Å². The van der Waals surface area contributed by atoms with Crippen LogP contribution in [-0.4, -0.2) is 66.0 Å². The Labute approximate surface area is 168 Å². The number of likely N-dealkylation sites (tertiary alicyclic amines) is 1. The molecule has 3 aliphatic heterocycles. The summed E-state index contributed by atoms with van der Waals surface area (Å²) in [5, 5.41) is 3.50. The summed E-state index contributed by atoms with van der Waals surface area (Å²) in [5.41, 5.74) is 1.11. The van der Waals surface area contributed by atoms with Crippen LogP contribution in [0.5, 0.6) is 0 Å². The van der Waals surface area contributed by atoms with E-state index in [1.54, 1.807) is 0 Å². The monoisotopic (exact) mass is 389 g/mol. The van der Waals surface area contributed by atoms with E-state index in [1.165, 1.54) is 31.5 Å². The molecule has 28 heavy (non-hydrogen) atoms. The smallest absolute Gasteiger partial charge is 0.193 e. The molecule has 0 aromatic carbocycles. The Morgan fingerprint density at radius 2 is 2.11 bits per heavy atom. The summed E-state index contributed by atoms with van der Waals surface area (Å²) in [4.78, 5) is 11.6. The minimum atomic E-state index is 0.307. The number of piperidine rings is 1. The molecule has 2 fully saturated rings. The van der Waals surface area contributed by atoms with Crippen molar-refractivity contribution in [2.75, 3.05) is 33.4 Å². The molecule has 7 heteroatoms. The van der Waals surface area contributed by atoms with Crippen LogP contribution in [0.3, 0.4) is 0 Å². The van der Waals surface area contributed by atoms with E-state index in [0.717, 1.165) is 76.7 Å². The van der Waals surface area contributed by atoms with Gasteiger partial charge >= 0.3 is 0 Å². The van der Waals surface area contributed by atoms with E-state index in [2.05, 4.69) is 26.0 Å². The van der Waals surface area contributed by atoms with E-state index in [-0.39, 0.29) is 0 Å². The fraction of sp³-hybridized carbons (Fsp3) is 0.810. The van der Waals surface area contributed by atoms with Crippen LogP contribution in [0.2, 0.25) is 0 Å². The predicted molar refractivity (Wildman–Crippen MR) is 110 cm³/mol. The lowest BCUT2D eigenvalue weighted by atomic mass is 10.1. The molecule has 4 heterocycles.